The van der Waals surface area contributed by atoms with Crippen LogP contribution in [-0.2, 0) is 9.53 Å². The number of rotatable bonds is 9. The van der Waals surface area contributed by atoms with Crippen molar-refractivity contribution in [3.8, 4) is 0 Å². The van der Waals surface area contributed by atoms with Gasteiger partial charge in [-0.15, -0.1) is 0 Å². The molecule has 0 radical (unpaired) electrons. The molecule has 0 saturated carbocycles. The maximum Gasteiger partial charge on any atom is 0.340 e. The molecule has 1 amide bonds. The van der Waals surface area contributed by atoms with Gasteiger partial charge in [0.2, 0.25) is 0 Å². The summed E-state index contributed by atoms with van der Waals surface area (Å²) in [6, 6.07) is 13.1. The third-order valence-electron chi connectivity index (χ3n) is 4.52. The van der Waals surface area contributed by atoms with E-state index < -0.39 is 5.97 Å². The molecule has 0 aliphatic heterocycles. The summed E-state index contributed by atoms with van der Waals surface area (Å²) in [4.78, 5) is 24.8. The number of benzene rings is 2. The molecule has 5 nitrogen and oxygen atoms in total. The van der Waals surface area contributed by atoms with Crippen molar-refractivity contribution in [1.29, 1.82) is 0 Å². The molecule has 2 aromatic carbocycles. The second-order valence-corrected chi connectivity index (χ2v) is 7.14. The number of anilines is 2. The van der Waals surface area contributed by atoms with Crippen LogP contribution >= 0.6 is 0 Å². The van der Waals surface area contributed by atoms with E-state index in [-0.39, 0.29) is 18.4 Å². The Hall–Kier alpha value is -2.82. The van der Waals surface area contributed by atoms with Crippen LogP contribution in [0.15, 0.2) is 42.5 Å². The van der Waals surface area contributed by atoms with Crippen molar-refractivity contribution >= 4 is 23.3 Å². The molecule has 0 saturated heterocycles. The number of hydrogen-bond donors (Lipinski definition) is 2. The quantitative estimate of drug-likeness (QED) is 0.466. The normalized spacial score (nSPS) is 10.6. The fraction of sp³-hybridized carbons (Fsp3) is 0.391. The summed E-state index contributed by atoms with van der Waals surface area (Å²) in [6.07, 6.45) is 2.08. The van der Waals surface area contributed by atoms with Crippen LogP contribution < -0.4 is 10.6 Å². The molecule has 0 fully saturated rings. The molecule has 2 aromatic rings. The summed E-state index contributed by atoms with van der Waals surface area (Å²) in [6.45, 7) is 8.67. The Kier molecular flexibility index (Phi) is 8.05. The molecule has 0 aliphatic rings. The van der Waals surface area contributed by atoms with E-state index in [4.69, 9.17) is 4.74 Å². The van der Waals surface area contributed by atoms with Crippen LogP contribution in [0.1, 0.15) is 61.0 Å². The second kappa shape index (κ2) is 10.5. The highest BCUT2D eigenvalue weighted by atomic mass is 16.5. The summed E-state index contributed by atoms with van der Waals surface area (Å²) in [7, 11) is 0. The van der Waals surface area contributed by atoms with E-state index in [1.807, 2.05) is 37.3 Å². The van der Waals surface area contributed by atoms with Gasteiger partial charge < -0.3 is 15.4 Å². The van der Waals surface area contributed by atoms with Crippen LogP contribution in [0.3, 0.4) is 0 Å². The predicted octanol–water partition coefficient (Wildman–Crippen LogP) is 5.13. The Balaban J connectivity index is 2.00. The molecule has 0 heterocycles. The lowest BCUT2D eigenvalue weighted by Crippen LogP contribution is -2.22. The van der Waals surface area contributed by atoms with E-state index in [0.29, 0.717) is 5.56 Å². The molecular formula is C23H30N2O3. The number of unbranched alkanes of at least 4 members (excludes halogenated alkanes) is 1. The summed E-state index contributed by atoms with van der Waals surface area (Å²) >= 11 is 0. The topological polar surface area (TPSA) is 67.4 Å². The third-order valence-corrected chi connectivity index (χ3v) is 4.52. The number of carbonyl (C=O) groups is 2. The monoisotopic (exact) mass is 382 g/mol. The fourth-order valence-electron chi connectivity index (χ4n) is 2.94. The standard InChI is InChI=1S/C23H30N2O3/c1-5-6-14-24-20-13-8-7-11-19(20)23(27)28-15-21(26)25-22-17(4)10-9-12-18(22)16(2)3/h7-13,16,24H,5-6,14-15H2,1-4H3,(H,25,26). The van der Waals surface area contributed by atoms with Gasteiger partial charge in [-0.05, 0) is 42.5 Å². The number of nitrogens with one attached hydrogen (secondary N) is 2. The van der Waals surface area contributed by atoms with E-state index >= 15 is 0 Å². The first-order valence-corrected chi connectivity index (χ1v) is 9.83. The number of aryl methyl sites for hydroxylation is 1. The van der Waals surface area contributed by atoms with Crippen LogP contribution in [0.4, 0.5) is 11.4 Å². The first-order chi connectivity index (χ1) is 13.4. The molecule has 150 valence electrons. The van der Waals surface area contributed by atoms with Gasteiger partial charge in [0.15, 0.2) is 6.61 Å². The number of carbonyl (C=O) groups excluding carboxylic acids is 2. The van der Waals surface area contributed by atoms with Gasteiger partial charge >= 0.3 is 5.97 Å². The SMILES string of the molecule is CCCCNc1ccccc1C(=O)OCC(=O)Nc1c(C)cccc1C(C)C. The van der Waals surface area contributed by atoms with Crippen molar-refractivity contribution in [2.75, 3.05) is 23.8 Å². The molecule has 5 heteroatoms. The smallest absolute Gasteiger partial charge is 0.340 e. The predicted molar refractivity (Wildman–Crippen MR) is 114 cm³/mol. The molecule has 0 unspecified atom stereocenters. The molecule has 0 atom stereocenters. The lowest BCUT2D eigenvalue weighted by molar-refractivity contribution is -0.119. The highest BCUT2D eigenvalue weighted by Gasteiger charge is 2.16. The van der Waals surface area contributed by atoms with Crippen molar-refractivity contribution < 1.29 is 14.3 Å². The first kappa shape index (κ1) is 21.5. The van der Waals surface area contributed by atoms with Crippen molar-refractivity contribution in [3.05, 3.63) is 59.2 Å². The summed E-state index contributed by atoms with van der Waals surface area (Å²) in [5.41, 5.74) is 3.99. The van der Waals surface area contributed by atoms with Gasteiger partial charge in [-0.2, -0.15) is 0 Å². The van der Waals surface area contributed by atoms with Crippen molar-refractivity contribution in [3.63, 3.8) is 0 Å². The molecule has 2 rings (SSSR count). The third kappa shape index (κ3) is 5.84. The maximum absolute atomic E-state index is 12.5. The number of ether oxygens (including phenoxy) is 1. The van der Waals surface area contributed by atoms with Crippen molar-refractivity contribution in [2.24, 2.45) is 0 Å². The Labute approximate surface area is 167 Å². The molecular weight excluding hydrogens is 352 g/mol. The Morgan fingerprint density at radius 3 is 2.54 bits per heavy atom. The van der Waals surface area contributed by atoms with Gasteiger partial charge in [0.1, 0.15) is 0 Å². The van der Waals surface area contributed by atoms with E-state index in [1.165, 1.54) is 0 Å². The summed E-state index contributed by atoms with van der Waals surface area (Å²) < 4.78 is 5.26. The summed E-state index contributed by atoms with van der Waals surface area (Å²) in [5, 5.41) is 6.14. The molecule has 0 bridgehead atoms. The van der Waals surface area contributed by atoms with Crippen LogP contribution in [0.2, 0.25) is 0 Å². The van der Waals surface area contributed by atoms with Gasteiger partial charge in [0.25, 0.3) is 5.91 Å². The zero-order valence-electron chi connectivity index (χ0n) is 17.2. The Morgan fingerprint density at radius 1 is 1.07 bits per heavy atom. The Morgan fingerprint density at radius 2 is 1.82 bits per heavy atom. The molecule has 2 N–H and O–H groups in total. The zero-order chi connectivity index (χ0) is 20.5. The second-order valence-electron chi connectivity index (χ2n) is 7.14. The van der Waals surface area contributed by atoms with Crippen molar-refractivity contribution in [2.45, 2.75) is 46.5 Å². The van der Waals surface area contributed by atoms with Crippen LogP contribution in [0.5, 0.6) is 0 Å². The first-order valence-electron chi connectivity index (χ1n) is 9.83. The number of para-hydroxylation sites is 2. The van der Waals surface area contributed by atoms with Gasteiger partial charge in [-0.25, -0.2) is 4.79 Å². The average Bonchev–Trinajstić information content (AvgIpc) is 2.68. The maximum atomic E-state index is 12.5. The number of hydrogen-bond acceptors (Lipinski definition) is 4. The van der Waals surface area contributed by atoms with Gasteiger partial charge in [0.05, 0.1) is 5.56 Å². The van der Waals surface area contributed by atoms with Crippen LogP contribution in [0.25, 0.3) is 0 Å². The largest absolute Gasteiger partial charge is 0.452 e. The van der Waals surface area contributed by atoms with Gasteiger partial charge in [-0.3, -0.25) is 4.79 Å². The van der Waals surface area contributed by atoms with Crippen LogP contribution in [-0.4, -0.2) is 25.0 Å². The average molecular weight is 383 g/mol. The minimum atomic E-state index is -0.511. The van der Waals surface area contributed by atoms with Crippen molar-refractivity contribution in [1.82, 2.24) is 0 Å². The molecule has 28 heavy (non-hydrogen) atoms. The minimum Gasteiger partial charge on any atom is -0.452 e. The highest BCUT2D eigenvalue weighted by molar-refractivity contribution is 5.99. The van der Waals surface area contributed by atoms with Crippen LogP contribution in [0, 0.1) is 6.92 Å². The van der Waals surface area contributed by atoms with E-state index in [2.05, 4.69) is 31.4 Å². The summed E-state index contributed by atoms with van der Waals surface area (Å²) in [5.74, 6) is -0.580. The number of amides is 1. The fourth-order valence-corrected chi connectivity index (χ4v) is 2.94. The lowest BCUT2D eigenvalue weighted by atomic mass is 9.98. The molecule has 0 spiro atoms. The van der Waals surface area contributed by atoms with Gasteiger partial charge in [-0.1, -0.05) is 57.5 Å². The minimum absolute atomic E-state index is 0.277. The van der Waals surface area contributed by atoms with E-state index in [1.54, 1.807) is 12.1 Å². The van der Waals surface area contributed by atoms with E-state index in [9.17, 15) is 9.59 Å². The van der Waals surface area contributed by atoms with E-state index in [0.717, 1.165) is 41.9 Å². The number of esters is 1. The molecule has 0 aromatic heterocycles. The zero-order valence-corrected chi connectivity index (χ0v) is 17.2. The highest BCUT2D eigenvalue weighted by Crippen LogP contribution is 2.27. The van der Waals surface area contributed by atoms with Gasteiger partial charge in [0, 0.05) is 17.9 Å². The lowest BCUT2D eigenvalue weighted by Gasteiger charge is -2.16. The Bertz CT molecular complexity index is 815. The molecule has 0 aliphatic carbocycles.